The zero-order valence-corrected chi connectivity index (χ0v) is 10.4. The fourth-order valence-corrected chi connectivity index (χ4v) is 1.95. The molecule has 0 fully saturated rings. The standard InChI is InChI=1S/C13H13N3O3/c1-16-7-9(14-15-16)6-10(17)13-8-18-11-4-2-3-5-12(11)19-13/h2-5,7,13H,6,8H2,1H3. The van der Waals surface area contributed by atoms with Gasteiger partial charge in [0, 0.05) is 13.2 Å². The molecule has 0 radical (unpaired) electrons. The molecule has 0 aliphatic carbocycles. The van der Waals surface area contributed by atoms with Gasteiger partial charge in [0.1, 0.15) is 6.61 Å². The molecule has 0 amide bonds. The fourth-order valence-electron chi connectivity index (χ4n) is 1.95. The van der Waals surface area contributed by atoms with Crippen LogP contribution in [0.1, 0.15) is 5.69 Å². The van der Waals surface area contributed by atoms with Crippen molar-refractivity contribution < 1.29 is 14.3 Å². The Bertz CT molecular complexity index is 609. The number of benzene rings is 1. The van der Waals surface area contributed by atoms with Crippen LogP contribution in [0.2, 0.25) is 0 Å². The van der Waals surface area contributed by atoms with Crippen LogP contribution in [-0.2, 0) is 18.3 Å². The van der Waals surface area contributed by atoms with Gasteiger partial charge in [-0.2, -0.15) is 0 Å². The second-order valence-corrected chi connectivity index (χ2v) is 4.39. The molecule has 3 rings (SSSR count). The second-order valence-electron chi connectivity index (χ2n) is 4.39. The zero-order valence-electron chi connectivity index (χ0n) is 10.4. The molecule has 2 aromatic rings. The highest BCUT2D eigenvalue weighted by molar-refractivity contribution is 5.85. The summed E-state index contributed by atoms with van der Waals surface area (Å²) < 4.78 is 12.7. The Balaban J connectivity index is 1.69. The number of aromatic nitrogens is 3. The van der Waals surface area contributed by atoms with Crippen molar-refractivity contribution in [3.05, 3.63) is 36.2 Å². The first-order valence-electron chi connectivity index (χ1n) is 5.99. The Hall–Kier alpha value is -2.37. The van der Waals surface area contributed by atoms with Crippen LogP contribution >= 0.6 is 0 Å². The maximum atomic E-state index is 12.1. The smallest absolute Gasteiger partial charge is 0.191 e. The van der Waals surface area contributed by atoms with Crippen LogP contribution in [0.25, 0.3) is 0 Å². The van der Waals surface area contributed by atoms with Gasteiger partial charge in [-0.05, 0) is 12.1 Å². The summed E-state index contributed by atoms with van der Waals surface area (Å²) in [4.78, 5) is 12.1. The zero-order chi connectivity index (χ0) is 13.2. The third-order valence-corrected chi connectivity index (χ3v) is 2.87. The molecule has 0 spiro atoms. The van der Waals surface area contributed by atoms with Crippen LogP contribution in [0.4, 0.5) is 0 Å². The molecule has 98 valence electrons. The highest BCUT2D eigenvalue weighted by Crippen LogP contribution is 2.31. The summed E-state index contributed by atoms with van der Waals surface area (Å²) in [5.74, 6) is 1.22. The van der Waals surface area contributed by atoms with E-state index in [1.54, 1.807) is 24.0 Å². The second kappa shape index (κ2) is 4.72. The molecule has 0 saturated carbocycles. The lowest BCUT2D eigenvalue weighted by atomic mass is 10.1. The van der Waals surface area contributed by atoms with Crippen molar-refractivity contribution in [3.8, 4) is 11.5 Å². The number of hydrogen-bond donors (Lipinski definition) is 0. The largest absolute Gasteiger partial charge is 0.485 e. The topological polar surface area (TPSA) is 66.2 Å². The predicted octanol–water partition coefficient (Wildman–Crippen LogP) is 0.767. The SMILES string of the molecule is Cn1cc(CC(=O)C2COc3ccccc3O2)nn1. The van der Waals surface area contributed by atoms with Crippen molar-refractivity contribution in [3.63, 3.8) is 0 Å². The number of Topliss-reactive ketones (excluding diaryl/α,β-unsaturated/α-hetero) is 1. The van der Waals surface area contributed by atoms with E-state index >= 15 is 0 Å². The normalized spacial score (nSPS) is 17.2. The first-order valence-corrected chi connectivity index (χ1v) is 5.99. The van der Waals surface area contributed by atoms with Crippen molar-refractivity contribution in [2.75, 3.05) is 6.61 Å². The molecule has 2 heterocycles. The lowest BCUT2D eigenvalue weighted by Crippen LogP contribution is -2.37. The molecule has 1 atom stereocenters. The number of rotatable bonds is 3. The van der Waals surface area contributed by atoms with E-state index in [1.807, 2.05) is 18.2 Å². The molecule has 1 aliphatic rings. The number of para-hydroxylation sites is 2. The Morgan fingerprint density at radius 1 is 1.42 bits per heavy atom. The van der Waals surface area contributed by atoms with E-state index in [1.165, 1.54) is 0 Å². The van der Waals surface area contributed by atoms with Gasteiger partial charge in [0.25, 0.3) is 0 Å². The Kier molecular flexibility index (Phi) is 2.91. The fraction of sp³-hybridized carbons (Fsp3) is 0.308. The van der Waals surface area contributed by atoms with Crippen LogP contribution in [0.5, 0.6) is 11.5 Å². The van der Waals surface area contributed by atoms with Gasteiger partial charge in [0.2, 0.25) is 0 Å². The van der Waals surface area contributed by atoms with E-state index in [0.717, 1.165) is 0 Å². The number of aryl methyl sites for hydroxylation is 1. The summed E-state index contributed by atoms with van der Waals surface area (Å²) >= 11 is 0. The maximum absolute atomic E-state index is 12.1. The number of carbonyl (C=O) groups is 1. The van der Waals surface area contributed by atoms with E-state index in [9.17, 15) is 4.79 Å². The average Bonchev–Trinajstić information content (AvgIpc) is 2.83. The maximum Gasteiger partial charge on any atom is 0.191 e. The first kappa shape index (κ1) is 11.7. The summed E-state index contributed by atoms with van der Waals surface area (Å²) in [6, 6.07) is 7.32. The Morgan fingerprint density at radius 3 is 2.95 bits per heavy atom. The molecule has 0 bridgehead atoms. The van der Waals surface area contributed by atoms with E-state index in [2.05, 4.69) is 10.3 Å². The minimum atomic E-state index is -0.586. The van der Waals surface area contributed by atoms with Crippen molar-refractivity contribution in [1.29, 1.82) is 0 Å². The van der Waals surface area contributed by atoms with Crippen molar-refractivity contribution in [2.45, 2.75) is 12.5 Å². The van der Waals surface area contributed by atoms with E-state index in [4.69, 9.17) is 9.47 Å². The number of fused-ring (bicyclic) bond motifs is 1. The summed E-state index contributed by atoms with van der Waals surface area (Å²) in [6.07, 6.45) is 1.33. The van der Waals surface area contributed by atoms with Crippen LogP contribution in [-0.4, -0.2) is 33.5 Å². The molecule has 19 heavy (non-hydrogen) atoms. The van der Waals surface area contributed by atoms with Gasteiger partial charge < -0.3 is 9.47 Å². The van der Waals surface area contributed by atoms with Crippen LogP contribution in [0.15, 0.2) is 30.5 Å². The van der Waals surface area contributed by atoms with Gasteiger partial charge in [-0.15, -0.1) is 5.10 Å². The van der Waals surface area contributed by atoms with Gasteiger partial charge in [-0.3, -0.25) is 9.48 Å². The average molecular weight is 259 g/mol. The number of nitrogens with zero attached hydrogens (tertiary/aromatic N) is 3. The highest BCUT2D eigenvalue weighted by Gasteiger charge is 2.27. The molecule has 0 saturated heterocycles. The number of hydrogen-bond acceptors (Lipinski definition) is 5. The molecular formula is C13H13N3O3. The van der Waals surface area contributed by atoms with Crippen molar-refractivity contribution in [2.24, 2.45) is 7.05 Å². The quantitative estimate of drug-likeness (QED) is 0.814. The van der Waals surface area contributed by atoms with Crippen molar-refractivity contribution in [1.82, 2.24) is 15.0 Å². The number of carbonyl (C=O) groups excluding carboxylic acids is 1. The Labute approximate surface area is 109 Å². The molecule has 1 aromatic heterocycles. The van der Waals surface area contributed by atoms with Gasteiger partial charge in [-0.1, -0.05) is 17.3 Å². The monoisotopic (exact) mass is 259 g/mol. The minimum Gasteiger partial charge on any atom is -0.485 e. The van der Waals surface area contributed by atoms with Crippen LogP contribution in [0, 0.1) is 0 Å². The molecular weight excluding hydrogens is 246 g/mol. The summed E-state index contributed by atoms with van der Waals surface area (Å²) in [5.41, 5.74) is 0.634. The molecule has 0 N–H and O–H groups in total. The number of ketones is 1. The van der Waals surface area contributed by atoms with Crippen LogP contribution in [0.3, 0.4) is 0 Å². The first-order chi connectivity index (χ1) is 9.22. The summed E-state index contributed by atoms with van der Waals surface area (Å²) in [6.45, 7) is 0.232. The summed E-state index contributed by atoms with van der Waals surface area (Å²) in [5, 5.41) is 7.68. The van der Waals surface area contributed by atoms with Gasteiger partial charge in [-0.25, -0.2) is 0 Å². The molecule has 1 unspecified atom stereocenters. The van der Waals surface area contributed by atoms with Crippen LogP contribution < -0.4 is 9.47 Å². The minimum absolute atomic E-state index is 0.0602. The summed E-state index contributed by atoms with van der Waals surface area (Å²) in [7, 11) is 1.76. The predicted molar refractivity (Wildman–Crippen MR) is 66.1 cm³/mol. The number of ether oxygens (including phenoxy) is 2. The molecule has 6 heteroatoms. The van der Waals surface area contributed by atoms with Gasteiger partial charge >= 0.3 is 0 Å². The van der Waals surface area contributed by atoms with Gasteiger partial charge in [0.15, 0.2) is 23.4 Å². The molecule has 1 aromatic carbocycles. The molecule has 6 nitrogen and oxygen atoms in total. The third-order valence-electron chi connectivity index (χ3n) is 2.87. The highest BCUT2D eigenvalue weighted by atomic mass is 16.6. The Morgan fingerprint density at radius 2 is 2.21 bits per heavy atom. The lowest BCUT2D eigenvalue weighted by Gasteiger charge is -2.25. The lowest BCUT2D eigenvalue weighted by molar-refractivity contribution is -0.127. The van der Waals surface area contributed by atoms with Crippen molar-refractivity contribution >= 4 is 5.78 Å². The molecule has 1 aliphatic heterocycles. The van der Waals surface area contributed by atoms with E-state index < -0.39 is 6.10 Å². The van der Waals surface area contributed by atoms with E-state index in [0.29, 0.717) is 17.2 Å². The third kappa shape index (κ3) is 2.42. The van der Waals surface area contributed by atoms with Gasteiger partial charge in [0.05, 0.1) is 12.1 Å². The van der Waals surface area contributed by atoms with E-state index in [-0.39, 0.29) is 18.8 Å².